The number of carbonyl (C=O) groups is 1. The van der Waals surface area contributed by atoms with Crippen LogP contribution in [0.3, 0.4) is 0 Å². The lowest BCUT2D eigenvalue weighted by Crippen LogP contribution is -2.17. The third-order valence-corrected chi connectivity index (χ3v) is 3.08. The molecule has 3 N–H and O–H groups in total. The fourth-order valence-corrected chi connectivity index (χ4v) is 1.94. The first-order valence-electron chi connectivity index (χ1n) is 6.58. The van der Waals surface area contributed by atoms with Gasteiger partial charge in [-0.05, 0) is 26.0 Å². The molecule has 0 atom stereocenters. The van der Waals surface area contributed by atoms with Crippen LogP contribution >= 0.6 is 11.6 Å². The number of rotatable bonds is 6. The van der Waals surface area contributed by atoms with Gasteiger partial charge >= 0.3 is 0 Å². The number of hydrogen-bond acceptors (Lipinski definition) is 5. The van der Waals surface area contributed by atoms with E-state index in [4.69, 9.17) is 17.3 Å². The average molecular weight is 309 g/mol. The predicted molar refractivity (Wildman–Crippen MR) is 80.4 cm³/mol. The molecule has 112 valence electrons. The van der Waals surface area contributed by atoms with Gasteiger partial charge in [0, 0.05) is 25.2 Å². The summed E-state index contributed by atoms with van der Waals surface area (Å²) in [6.45, 7) is 4.70. The highest BCUT2D eigenvalue weighted by Crippen LogP contribution is 2.14. The first-order chi connectivity index (χ1) is 9.97. The fraction of sp³-hybridized carbons (Fsp3) is 0.385. The Kier molecular flexibility index (Phi) is 4.74. The SMILES string of the molecule is CC(C)n1ccc(CCNc2nnc(Cl)cc2C(N)=O)n1. The van der Waals surface area contributed by atoms with E-state index in [2.05, 4.69) is 34.5 Å². The van der Waals surface area contributed by atoms with E-state index in [0.717, 1.165) is 5.69 Å². The van der Waals surface area contributed by atoms with Crippen molar-refractivity contribution in [3.05, 3.63) is 34.7 Å². The molecule has 2 rings (SSSR count). The summed E-state index contributed by atoms with van der Waals surface area (Å²) in [7, 11) is 0. The Hall–Kier alpha value is -2.15. The summed E-state index contributed by atoms with van der Waals surface area (Å²) in [6, 6.07) is 3.69. The Labute approximate surface area is 127 Å². The monoisotopic (exact) mass is 308 g/mol. The van der Waals surface area contributed by atoms with Crippen LogP contribution in [0.15, 0.2) is 18.3 Å². The summed E-state index contributed by atoms with van der Waals surface area (Å²) in [5.41, 5.74) is 6.46. The number of nitrogens with one attached hydrogen (secondary N) is 1. The molecule has 0 aliphatic rings. The van der Waals surface area contributed by atoms with Crippen LogP contribution in [0.2, 0.25) is 5.15 Å². The molecule has 0 aliphatic carbocycles. The number of nitrogens with zero attached hydrogens (tertiary/aromatic N) is 4. The third kappa shape index (κ3) is 3.91. The van der Waals surface area contributed by atoms with E-state index in [-0.39, 0.29) is 10.7 Å². The minimum absolute atomic E-state index is 0.130. The van der Waals surface area contributed by atoms with Crippen molar-refractivity contribution in [1.82, 2.24) is 20.0 Å². The van der Waals surface area contributed by atoms with Gasteiger partial charge in [-0.2, -0.15) is 5.10 Å². The summed E-state index contributed by atoms with van der Waals surface area (Å²) in [6.07, 6.45) is 2.64. The molecule has 2 heterocycles. The Morgan fingerprint density at radius 3 is 2.86 bits per heavy atom. The molecule has 0 aromatic carbocycles. The van der Waals surface area contributed by atoms with Gasteiger partial charge in [-0.3, -0.25) is 9.48 Å². The van der Waals surface area contributed by atoms with Crippen LogP contribution < -0.4 is 11.1 Å². The van der Waals surface area contributed by atoms with Gasteiger partial charge in [0.05, 0.1) is 11.3 Å². The first-order valence-corrected chi connectivity index (χ1v) is 6.96. The number of hydrogen-bond donors (Lipinski definition) is 2. The quantitative estimate of drug-likeness (QED) is 0.845. The highest BCUT2D eigenvalue weighted by molar-refractivity contribution is 6.29. The standard InChI is InChI=1S/C13H17ClN6O/c1-8(2)20-6-4-9(19-20)3-5-16-13-10(12(15)21)7-11(14)17-18-13/h4,6-8H,3,5H2,1-2H3,(H2,15,21)(H,16,18). The summed E-state index contributed by atoms with van der Waals surface area (Å²) in [4.78, 5) is 11.3. The number of halogens is 1. The van der Waals surface area contributed by atoms with Crippen molar-refractivity contribution in [2.75, 3.05) is 11.9 Å². The third-order valence-electron chi connectivity index (χ3n) is 2.90. The molecule has 1 amide bonds. The van der Waals surface area contributed by atoms with Crippen molar-refractivity contribution in [2.45, 2.75) is 26.3 Å². The minimum atomic E-state index is -0.599. The van der Waals surface area contributed by atoms with Crippen LogP contribution in [0.25, 0.3) is 0 Å². The van der Waals surface area contributed by atoms with Gasteiger partial charge in [0.15, 0.2) is 11.0 Å². The van der Waals surface area contributed by atoms with Crippen molar-refractivity contribution in [3.8, 4) is 0 Å². The Bertz CT molecular complexity index is 639. The van der Waals surface area contributed by atoms with Crippen molar-refractivity contribution >= 4 is 23.3 Å². The number of amides is 1. The zero-order valence-electron chi connectivity index (χ0n) is 11.9. The average Bonchev–Trinajstić information content (AvgIpc) is 2.89. The lowest BCUT2D eigenvalue weighted by atomic mass is 10.2. The van der Waals surface area contributed by atoms with Crippen molar-refractivity contribution < 1.29 is 4.79 Å². The number of primary amides is 1. The van der Waals surface area contributed by atoms with E-state index < -0.39 is 5.91 Å². The van der Waals surface area contributed by atoms with Crippen molar-refractivity contribution in [1.29, 1.82) is 0 Å². The molecule has 8 heteroatoms. The molecule has 0 spiro atoms. The van der Waals surface area contributed by atoms with E-state index in [1.165, 1.54) is 6.07 Å². The molecule has 0 saturated heterocycles. The first kappa shape index (κ1) is 15.2. The summed E-state index contributed by atoms with van der Waals surface area (Å²) >= 11 is 5.70. The molecule has 0 unspecified atom stereocenters. The van der Waals surface area contributed by atoms with E-state index in [1.54, 1.807) is 0 Å². The van der Waals surface area contributed by atoms with E-state index in [1.807, 2.05) is 16.9 Å². The zero-order chi connectivity index (χ0) is 15.4. The zero-order valence-corrected chi connectivity index (χ0v) is 12.6. The maximum atomic E-state index is 11.3. The van der Waals surface area contributed by atoms with Gasteiger partial charge in [0.1, 0.15) is 0 Å². The molecule has 2 aromatic rings. The van der Waals surface area contributed by atoms with Crippen LogP contribution in [0, 0.1) is 0 Å². The van der Waals surface area contributed by atoms with Gasteiger partial charge in [-0.1, -0.05) is 11.6 Å². The molecular weight excluding hydrogens is 292 g/mol. The summed E-state index contributed by atoms with van der Waals surface area (Å²) in [5.74, 6) is -0.270. The number of anilines is 1. The maximum Gasteiger partial charge on any atom is 0.252 e. The lowest BCUT2D eigenvalue weighted by molar-refractivity contribution is 0.100. The molecule has 7 nitrogen and oxygen atoms in total. The Morgan fingerprint density at radius 2 is 2.24 bits per heavy atom. The molecule has 0 aliphatic heterocycles. The smallest absolute Gasteiger partial charge is 0.252 e. The van der Waals surface area contributed by atoms with Crippen LogP contribution in [0.4, 0.5) is 5.82 Å². The van der Waals surface area contributed by atoms with Gasteiger partial charge in [0.25, 0.3) is 5.91 Å². The minimum Gasteiger partial charge on any atom is -0.368 e. The Balaban J connectivity index is 1.98. The van der Waals surface area contributed by atoms with Gasteiger partial charge in [-0.25, -0.2) is 0 Å². The van der Waals surface area contributed by atoms with E-state index in [0.29, 0.717) is 24.8 Å². The van der Waals surface area contributed by atoms with E-state index in [9.17, 15) is 4.79 Å². The molecule has 0 bridgehead atoms. The molecule has 0 saturated carbocycles. The normalized spacial score (nSPS) is 10.9. The van der Waals surface area contributed by atoms with Crippen molar-refractivity contribution in [3.63, 3.8) is 0 Å². The van der Waals surface area contributed by atoms with Gasteiger partial charge in [-0.15, -0.1) is 10.2 Å². The van der Waals surface area contributed by atoms with Crippen molar-refractivity contribution in [2.24, 2.45) is 5.73 Å². The molecule has 0 fully saturated rings. The van der Waals surface area contributed by atoms with Crippen LogP contribution in [-0.2, 0) is 6.42 Å². The molecular formula is C13H17ClN6O. The molecule has 21 heavy (non-hydrogen) atoms. The topological polar surface area (TPSA) is 98.7 Å². The van der Waals surface area contributed by atoms with Crippen LogP contribution in [-0.4, -0.2) is 32.4 Å². The number of aromatic nitrogens is 4. The van der Waals surface area contributed by atoms with Gasteiger partial charge < -0.3 is 11.1 Å². The Morgan fingerprint density at radius 1 is 1.48 bits per heavy atom. The van der Waals surface area contributed by atoms with E-state index >= 15 is 0 Å². The second kappa shape index (κ2) is 6.53. The fourth-order valence-electron chi connectivity index (χ4n) is 1.79. The highest BCUT2D eigenvalue weighted by Gasteiger charge is 2.11. The summed E-state index contributed by atoms with van der Waals surface area (Å²) in [5, 5.41) is 15.1. The lowest BCUT2D eigenvalue weighted by Gasteiger charge is -2.07. The molecule has 0 radical (unpaired) electrons. The van der Waals surface area contributed by atoms with Crippen LogP contribution in [0.5, 0.6) is 0 Å². The number of nitrogens with two attached hydrogens (primary N) is 1. The highest BCUT2D eigenvalue weighted by atomic mass is 35.5. The van der Waals surface area contributed by atoms with Crippen LogP contribution in [0.1, 0.15) is 35.9 Å². The summed E-state index contributed by atoms with van der Waals surface area (Å²) < 4.78 is 1.90. The number of carbonyl (C=O) groups excluding carboxylic acids is 1. The molecule has 2 aromatic heterocycles. The maximum absolute atomic E-state index is 11.3. The largest absolute Gasteiger partial charge is 0.368 e. The second-order valence-electron chi connectivity index (χ2n) is 4.85. The predicted octanol–water partition coefficient (Wildman–Crippen LogP) is 1.66. The van der Waals surface area contributed by atoms with Gasteiger partial charge in [0.2, 0.25) is 0 Å². The second-order valence-corrected chi connectivity index (χ2v) is 5.24.